The highest BCUT2D eigenvalue weighted by molar-refractivity contribution is 6.32. The Labute approximate surface area is 123 Å². The van der Waals surface area contributed by atoms with Crippen molar-refractivity contribution in [2.45, 2.75) is 6.42 Å². The fourth-order valence-corrected chi connectivity index (χ4v) is 2.10. The molecule has 4 nitrogen and oxygen atoms in total. The van der Waals surface area contributed by atoms with Gasteiger partial charge in [0.15, 0.2) is 0 Å². The van der Waals surface area contributed by atoms with Gasteiger partial charge >= 0.3 is 0 Å². The standard InChI is InChI=1S/C15H17ClN2O2/c1-19-14-10-13(15(20-2)9-12(14)16)18-8-6-11-5-3-4-7-17-11/h3-5,7,9-10,18H,6,8H2,1-2H3. The van der Waals surface area contributed by atoms with Gasteiger partial charge in [0, 0.05) is 37.0 Å². The van der Waals surface area contributed by atoms with E-state index in [0.717, 1.165) is 24.3 Å². The number of aromatic nitrogens is 1. The third kappa shape index (κ3) is 3.54. The summed E-state index contributed by atoms with van der Waals surface area (Å²) in [6, 6.07) is 9.46. The average molecular weight is 293 g/mol. The number of anilines is 1. The maximum atomic E-state index is 6.07. The summed E-state index contributed by atoms with van der Waals surface area (Å²) >= 11 is 6.07. The molecule has 0 saturated carbocycles. The summed E-state index contributed by atoms with van der Waals surface area (Å²) in [6.45, 7) is 0.748. The molecule has 0 fully saturated rings. The smallest absolute Gasteiger partial charge is 0.143 e. The van der Waals surface area contributed by atoms with Crippen LogP contribution in [0, 0.1) is 0 Å². The second kappa shape index (κ2) is 7.01. The van der Waals surface area contributed by atoms with Crippen LogP contribution in [0.2, 0.25) is 5.02 Å². The van der Waals surface area contributed by atoms with Crippen LogP contribution in [-0.4, -0.2) is 25.7 Å². The van der Waals surface area contributed by atoms with E-state index >= 15 is 0 Å². The third-order valence-electron chi connectivity index (χ3n) is 2.90. The molecule has 0 aliphatic heterocycles. The molecule has 0 radical (unpaired) electrons. The lowest BCUT2D eigenvalue weighted by Gasteiger charge is -2.13. The number of nitrogens with zero attached hydrogens (tertiary/aromatic N) is 1. The van der Waals surface area contributed by atoms with Gasteiger partial charge in [0.1, 0.15) is 11.5 Å². The normalized spacial score (nSPS) is 10.2. The van der Waals surface area contributed by atoms with Crippen molar-refractivity contribution in [3.8, 4) is 11.5 Å². The van der Waals surface area contributed by atoms with Gasteiger partial charge in [0.05, 0.1) is 24.9 Å². The van der Waals surface area contributed by atoms with E-state index in [0.29, 0.717) is 16.5 Å². The Hall–Kier alpha value is -1.94. The highest BCUT2D eigenvalue weighted by Crippen LogP contribution is 2.35. The predicted octanol–water partition coefficient (Wildman–Crippen LogP) is 3.41. The molecule has 2 rings (SSSR count). The van der Waals surface area contributed by atoms with E-state index in [1.165, 1.54) is 0 Å². The summed E-state index contributed by atoms with van der Waals surface area (Å²) in [6.07, 6.45) is 2.62. The molecule has 2 aromatic rings. The molecule has 1 aromatic heterocycles. The molecule has 0 bridgehead atoms. The second-order valence-corrected chi connectivity index (χ2v) is 4.59. The van der Waals surface area contributed by atoms with Crippen LogP contribution in [-0.2, 0) is 6.42 Å². The highest BCUT2D eigenvalue weighted by atomic mass is 35.5. The van der Waals surface area contributed by atoms with Gasteiger partial charge in [-0.05, 0) is 12.1 Å². The van der Waals surface area contributed by atoms with Crippen molar-refractivity contribution in [3.63, 3.8) is 0 Å². The number of pyridine rings is 1. The van der Waals surface area contributed by atoms with Crippen molar-refractivity contribution in [1.82, 2.24) is 4.98 Å². The lowest BCUT2D eigenvalue weighted by atomic mass is 10.2. The van der Waals surface area contributed by atoms with E-state index in [9.17, 15) is 0 Å². The molecule has 106 valence electrons. The molecule has 5 heteroatoms. The molecule has 0 spiro atoms. The summed E-state index contributed by atoms with van der Waals surface area (Å²) in [4.78, 5) is 4.28. The number of rotatable bonds is 6. The monoisotopic (exact) mass is 292 g/mol. The molecule has 0 saturated heterocycles. The van der Waals surface area contributed by atoms with Crippen LogP contribution in [0.1, 0.15) is 5.69 Å². The van der Waals surface area contributed by atoms with Gasteiger partial charge < -0.3 is 14.8 Å². The zero-order chi connectivity index (χ0) is 14.4. The van der Waals surface area contributed by atoms with Gasteiger partial charge in [0.2, 0.25) is 0 Å². The fraction of sp³-hybridized carbons (Fsp3) is 0.267. The molecular formula is C15H17ClN2O2. The lowest BCUT2D eigenvalue weighted by Crippen LogP contribution is -2.07. The first kappa shape index (κ1) is 14.5. The molecule has 1 aromatic carbocycles. The minimum Gasteiger partial charge on any atom is -0.495 e. The molecular weight excluding hydrogens is 276 g/mol. The molecule has 0 amide bonds. The Bertz CT molecular complexity index is 561. The number of hydrogen-bond donors (Lipinski definition) is 1. The summed E-state index contributed by atoms with van der Waals surface area (Å²) in [5, 5.41) is 3.84. The molecule has 1 N–H and O–H groups in total. The predicted molar refractivity (Wildman–Crippen MR) is 81.0 cm³/mol. The van der Waals surface area contributed by atoms with Gasteiger partial charge in [-0.25, -0.2) is 0 Å². The Morgan fingerprint density at radius 1 is 1.15 bits per heavy atom. The third-order valence-corrected chi connectivity index (χ3v) is 3.19. The summed E-state index contributed by atoms with van der Waals surface area (Å²) < 4.78 is 10.5. The van der Waals surface area contributed by atoms with Crippen LogP contribution in [0.4, 0.5) is 5.69 Å². The fourth-order valence-electron chi connectivity index (χ4n) is 1.87. The molecule has 0 unspecified atom stereocenters. The van der Waals surface area contributed by atoms with Gasteiger partial charge in [-0.2, -0.15) is 0 Å². The zero-order valence-corrected chi connectivity index (χ0v) is 12.3. The van der Waals surface area contributed by atoms with Gasteiger partial charge in [-0.1, -0.05) is 17.7 Å². The number of nitrogens with one attached hydrogen (secondary N) is 1. The lowest BCUT2D eigenvalue weighted by molar-refractivity contribution is 0.404. The Morgan fingerprint density at radius 2 is 1.95 bits per heavy atom. The minimum atomic E-state index is 0.527. The quantitative estimate of drug-likeness (QED) is 0.886. The molecule has 0 atom stereocenters. The molecule has 0 aliphatic carbocycles. The number of halogens is 1. The number of methoxy groups -OCH3 is 2. The summed E-state index contributed by atoms with van der Waals surface area (Å²) in [7, 11) is 3.20. The van der Waals surface area contributed by atoms with Crippen LogP contribution in [0.3, 0.4) is 0 Å². The number of ether oxygens (including phenoxy) is 2. The van der Waals surface area contributed by atoms with Gasteiger partial charge in [-0.15, -0.1) is 0 Å². The van der Waals surface area contributed by atoms with E-state index in [1.807, 2.05) is 24.3 Å². The van der Waals surface area contributed by atoms with Crippen molar-refractivity contribution >= 4 is 17.3 Å². The Kier molecular flexibility index (Phi) is 5.07. The first-order valence-electron chi connectivity index (χ1n) is 6.30. The van der Waals surface area contributed by atoms with Crippen molar-refractivity contribution in [1.29, 1.82) is 0 Å². The van der Waals surface area contributed by atoms with E-state index in [1.54, 1.807) is 26.5 Å². The molecule has 1 heterocycles. The highest BCUT2D eigenvalue weighted by Gasteiger charge is 2.09. The summed E-state index contributed by atoms with van der Waals surface area (Å²) in [5.41, 5.74) is 1.89. The second-order valence-electron chi connectivity index (χ2n) is 4.18. The number of hydrogen-bond acceptors (Lipinski definition) is 4. The topological polar surface area (TPSA) is 43.4 Å². The maximum Gasteiger partial charge on any atom is 0.143 e. The number of benzene rings is 1. The van der Waals surface area contributed by atoms with Crippen molar-refractivity contribution < 1.29 is 9.47 Å². The Morgan fingerprint density at radius 3 is 2.60 bits per heavy atom. The van der Waals surface area contributed by atoms with E-state index in [-0.39, 0.29) is 0 Å². The van der Waals surface area contributed by atoms with Crippen LogP contribution in [0.25, 0.3) is 0 Å². The zero-order valence-electron chi connectivity index (χ0n) is 11.5. The summed E-state index contributed by atoms with van der Waals surface area (Å²) in [5.74, 6) is 1.31. The van der Waals surface area contributed by atoms with Crippen LogP contribution in [0.15, 0.2) is 36.5 Å². The van der Waals surface area contributed by atoms with Gasteiger partial charge in [-0.3, -0.25) is 4.98 Å². The minimum absolute atomic E-state index is 0.527. The van der Waals surface area contributed by atoms with Crippen molar-refractivity contribution in [3.05, 3.63) is 47.2 Å². The first-order valence-corrected chi connectivity index (χ1v) is 6.67. The van der Waals surface area contributed by atoms with Crippen LogP contribution in [0.5, 0.6) is 11.5 Å². The van der Waals surface area contributed by atoms with E-state index < -0.39 is 0 Å². The SMILES string of the molecule is COc1cc(NCCc2ccccn2)c(OC)cc1Cl. The van der Waals surface area contributed by atoms with Crippen molar-refractivity contribution in [2.24, 2.45) is 0 Å². The van der Waals surface area contributed by atoms with Crippen molar-refractivity contribution in [2.75, 3.05) is 26.1 Å². The largest absolute Gasteiger partial charge is 0.495 e. The maximum absolute atomic E-state index is 6.07. The van der Waals surface area contributed by atoms with E-state index in [2.05, 4.69) is 10.3 Å². The molecule has 20 heavy (non-hydrogen) atoms. The van der Waals surface area contributed by atoms with Crippen LogP contribution >= 0.6 is 11.6 Å². The molecule has 0 aliphatic rings. The van der Waals surface area contributed by atoms with Crippen LogP contribution < -0.4 is 14.8 Å². The van der Waals surface area contributed by atoms with E-state index in [4.69, 9.17) is 21.1 Å². The Balaban J connectivity index is 2.05. The first-order chi connectivity index (χ1) is 9.74. The van der Waals surface area contributed by atoms with Gasteiger partial charge in [0.25, 0.3) is 0 Å². The average Bonchev–Trinajstić information content (AvgIpc) is 2.49.